The third-order valence-electron chi connectivity index (χ3n) is 3.88. The average molecular weight is 334 g/mol. The molecule has 0 aromatic carbocycles. The monoisotopic (exact) mass is 334 g/mol. The molecule has 0 aliphatic rings. The first-order valence-electron chi connectivity index (χ1n) is 7.92. The molecule has 3 N–H and O–H groups in total. The van der Waals surface area contributed by atoms with Crippen molar-refractivity contribution >= 4 is 22.8 Å². The summed E-state index contributed by atoms with van der Waals surface area (Å²) in [6, 6.07) is 7.80. The number of imidazole rings is 1. The van der Waals surface area contributed by atoms with Crippen molar-refractivity contribution in [2.24, 2.45) is 7.05 Å². The summed E-state index contributed by atoms with van der Waals surface area (Å²) in [5.74, 6) is 0.931. The molecular formula is C17H18N8. The Morgan fingerprint density at radius 1 is 1.12 bits per heavy atom. The van der Waals surface area contributed by atoms with Gasteiger partial charge in [-0.2, -0.15) is 4.98 Å². The molecule has 0 amide bonds. The lowest BCUT2D eigenvalue weighted by Crippen LogP contribution is -2.08. The van der Waals surface area contributed by atoms with Gasteiger partial charge in [-0.05, 0) is 18.2 Å². The minimum absolute atomic E-state index is 0.242. The standard InChI is InChI=1S/C17H18N8/c1-24-9-13(21-11-24)8-20-16-15-14(22-17(18)23-16)5-7-25(15)10-12-4-2-3-6-19-12/h2-7,9,11H,8,10H2,1H3,(H3,18,20,22,23). The Kier molecular flexibility index (Phi) is 3.77. The van der Waals surface area contributed by atoms with Gasteiger partial charge in [0, 0.05) is 25.6 Å². The lowest BCUT2D eigenvalue weighted by atomic mass is 10.3. The molecule has 0 unspecified atom stereocenters. The van der Waals surface area contributed by atoms with Crippen LogP contribution >= 0.6 is 0 Å². The number of aromatic nitrogens is 6. The van der Waals surface area contributed by atoms with Gasteiger partial charge >= 0.3 is 0 Å². The second-order valence-electron chi connectivity index (χ2n) is 5.81. The molecule has 4 rings (SSSR count). The number of fused-ring (bicyclic) bond motifs is 1. The lowest BCUT2D eigenvalue weighted by Gasteiger charge is -2.10. The summed E-state index contributed by atoms with van der Waals surface area (Å²) in [5.41, 5.74) is 9.44. The van der Waals surface area contributed by atoms with E-state index in [-0.39, 0.29) is 5.95 Å². The third-order valence-corrected chi connectivity index (χ3v) is 3.88. The van der Waals surface area contributed by atoms with Crippen LogP contribution in [0.4, 0.5) is 11.8 Å². The van der Waals surface area contributed by atoms with E-state index in [4.69, 9.17) is 5.73 Å². The predicted octanol–water partition coefficient (Wildman–Crippen LogP) is 1.80. The molecule has 4 aromatic heterocycles. The first-order chi connectivity index (χ1) is 12.2. The van der Waals surface area contributed by atoms with E-state index in [1.807, 2.05) is 48.3 Å². The van der Waals surface area contributed by atoms with Crippen LogP contribution in [0.1, 0.15) is 11.4 Å². The molecule has 0 aliphatic heterocycles. The Morgan fingerprint density at radius 2 is 2.04 bits per heavy atom. The summed E-state index contributed by atoms with van der Waals surface area (Å²) in [5, 5.41) is 3.32. The number of nitrogens with two attached hydrogens (primary N) is 1. The maximum atomic E-state index is 5.86. The summed E-state index contributed by atoms with van der Waals surface area (Å²) in [6.07, 6.45) is 7.49. The molecule has 8 heteroatoms. The van der Waals surface area contributed by atoms with E-state index in [0.717, 1.165) is 22.4 Å². The highest BCUT2D eigenvalue weighted by molar-refractivity contribution is 5.87. The van der Waals surface area contributed by atoms with E-state index in [2.05, 4.69) is 29.8 Å². The first-order valence-corrected chi connectivity index (χ1v) is 7.92. The Morgan fingerprint density at radius 3 is 2.80 bits per heavy atom. The molecule has 0 saturated heterocycles. The molecule has 0 bridgehead atoms. The molecule has 4 heterocycles. The highest BCUT2D eigenvalue weighted by atomic mass is 15.1. The van der Waals surface area contributed by atoms with Crippen LogP contribution < -0.4 is 11.1 Å². The largest absolute Gasteiger partial charge is 0.368 e. The highest BCUT2D eigenvalue weighted by Crippen LogP contribution is 2.23. The van der Waals surface area contributed by atoms with Crippen LogP contribution in [0.2, 0.25) is 0 Å². The summed E-state index contributed by atoms with van der Waals surface area (Å²) >= 11 is 0. The van der Waals surface area contributed by atoms with Crippen LogP contribution in [0.5, 0.6) is 0 Å². The van der Waals surface area contributed by atoms with E-state index in [1.54, 1.807) is 12.5 Å². The van der Waals surface area contributed by atoms with Crippen LogP contribution in [0, 0.1) is 0 Å². The zero-order valence-corrected chi connectivity index (χ0v) is 13.8. The molecule has 25 heavy (non-hydrogen) atoms. The van der Waals surface area contributed by atoms with E-state index in [9.17, 15) is 0 Å². The van der Waals surface area contributed by atoms with E-state index < -0.39 is 0 Å². The van der Waals surface area contributed by atoms with E-state index >= 15 is 0 Å². The van der Waals surface area contributed by atoms with Crippen molar-refractivity contribution in [3.63, 3.8) is 0 Å². The smallest absolute Gasteiger partial charge is 0.222 e. The maximum Gasteiger partial charge on any atom is 0.222 e. The molecule has 4 aromatic rings. The van der Waals surface area contributed by atoms with Gasteiger partial charge in [0.15, 0.2) is 5.82 Å². The lowest BCUT2D eigenvalue weighted by molar-refractivity contribution is 0.805. The first kappa shape index (κ1) is 15.1. The molecule has 126 valence electrons. The third kappa shape index (κ3) is 3.14. The second kappa shape index (κ2) is 6.23. The van der Waals surface area contributed by atoms with E-state index in [1.165, 1.54) is 0 Å². The molecule has 8 nitrogen and oxygen atoms in total. The minimum Gasteiger partial charge on any atom is -0.368 e. The quantitative estimate of drug-likeness (QED) is 0.577. The maximum absolute atomic E-state index is 5.86. The minimum atomic E-state index is 0.242. The molecule has 0 radical (unpaired) electrons. The highest BCUT2D eigenvalue weighted by Gasteiger charge is 2.12. The fourth-order valence-corrected chi connectivity index (χ4v) is 2.78. The normalized spacial score (nSPS) is 11.1. The summed E-state index contributed by atoms with van der Waals surface area (Å²) in [7, 11) is 1.94. The van der Waals surface area contributed by atoms with Crippen LogP contribution in [0.25, 0.3) is 11.0 Å². The second-order valence-corrected chi connectivity index (χ2v) is 5.81. The number of nitrogen functional groups attached to an aromatic ring is 1. The van der Waals surface area contributed by atoms with Gasteiger partial charge in [0.05, 0.1) is 36.3 Å². The van der Waals surface area contributed by atoms with Gasteiger partial charge in [-0.3, -0.25) is 4.98 Å². The predicted molar refractivity (Wildman–Crippen MR) is 95.8 cm³/mol. The number of hydrogen-bond acceptors (Lipinski definition) is 6. The molecule has 0 fully saturated rings. The van der Waals surface area contributed by atoms with Crippen molar-refractivity contribution in [2.45, 2.75) is 13.1 Å². The number of aryl methyl sites for hydroxylation is 1. The van der Waals surface area contributed by atoms with Crippen molar-refractivity contribution in [1.29, 1.82) is 0 Å². The Hall–Kier alpha value is -3.42. The van der Waals surface area contributed by atoms with Crippen LogP contribution in [0.3, 0.4) is 0 Å². The topological polar surface area (TPSA) is 99.5 Å². The van der Waals surface area contributed by atoms with Crippen molar-refractivity contribution < 1.29 is 0 Å². The number of pyridine rings is 1. The molecule has 0 spiro atoms. The Balaban J connectivity index is 1.68. The molecule has 0 aliphatic carbocycles. The fraction of sp³-hybridized carbons (Fsp3) is 0.176. The van der Waals surface area contributed by atoms with Crippen LogP contribution in [-0.2, 0) is 20.1 Å². The molecular weight excluding hydrogens is 316 g/mol. The zero-order valence-electron chi connectivity index (χ0n) is 13.8. The Labute approximate surface area is 144 Å². The van der Waals surface area contributed by atoms with Crippen molar-refractivity contribution in [1.82, 2.24) is 29.1 Å². The van der Waals surface area contributed by atoms with Crippen molar-refractivity contribution in [3.05, 3.63) is 60.6 Å². The fourth-order valence-electron chi connectivity index (χ4n) is 2.78. The van der Waals surface area contributed by atoms with Gasteiger partial charge in [-0.25, -0.2) is 9.97 Å². The number of nitrogens with zero attached hydrogens (tertiary/aromatic N) is 6. The van der Waals surface area contributed by atoms with Gasteiger partial charge in [0.2, 0.25) is 5.95 Å². The SMILES string of the molecule is Cn1cnc(CNc2nc(N)nc3ccn(Cc4ccccn4)c23)c1. The number of anilines is 2. The van der Waals surface area contributed by atoms with Gasteiger partial charge in [0.25, 0.3) is 0 Å². The number of rotatable bonds is 5. The average Bonchev–Trinajstić information content (AvgIpc) is 3.20. The van der Waals surface area contributed by atoms with E-state index in [0.29, 0.717) is 18.9 Å². The summed E-state index contributed by atoms with van der Waals surface area (Å²) < 4.78 is 3.97. The van der Waals surface area contributed by atoms with Gasteiger partial charge in [0.1, 0.15) is 5.52 Å². The number of hydrogen-bond donors (Lipinski definition) is 2. The summed E-state index contributed by atoms with van der Waals surface area (Å²) in [4.78, 5) is 17.4. The zero-order chi connectivity index (χ0) is 17.2. The van der Waals surface area contributed by atoms with Crippen molar-refractivity contribution in [2.75, 3.05) is 11.1 Å². The van der Waals surface area contributed by atoms with Gasteiger partial charge in [-0.15, -0.1) is 0 Å². The van der Waals surface area contributed by atoms with Gasteiger partial charge in [-0.1, -0.05) is 6.07 Å². The number of nitrogens with one attached hydrogen (secondary N) is 1. The van der Waals surface area contributed by atoms with Crippen molar-refractivity contribution in [3.8, 4) is 0 Å². The molecule has 0 atom stereocenters. The summed E-state index contributed by atoms with van der Waals surface area (Å²) in [6.45, 7) is 1.19. The van der Waals surface area contributed by atoms with Crippen LogP contribution in [-0.4, -0.2) is 29.1 Å². The Bertz CT molecular complexity index is 1000. The van der Waals surface area contributed by atoms with Crippen LogP contribution in [0.15, 0.2) is 49.2 Å². The molecule has 0 saturated carbocycles. The van der Waals surface area contributed by atoms with Gasteiger partial charge < -0.3 is 20.2 Å².